The largest absolute Gasteiger partial charge is 0.508 e. The Morgan fingerprint density at radius 2 is 2.10 bits per heavy atom. The van der Waals surface area contributed by atoms with E-state index in [9.17, 15) is 4.79 Å². The first kappa shape index (κ1) is 9.23. The van der Waals surface area contributed by atoms with E-state index in [0.29, 0.717) is 6.61 Å². The highest BCUT2D eigenvalue weighted by Crippen LogP contribution is 1.82. The Hall–Kier alpha value is -0.770. The molecule has 0 aliphatic carbocycles. The maximum Gasteiger partial charge on any atom is 0.508 e. The smallest absolute Gasteiger partial charge is 0.438 e. The second-order valence-electron chi connectivity index (χ2n) is 2.11. The molecule has 0 fully saturated rings. The lowest BCUT2D eigenvalue weighted by atomic mass is 10.6. The number of nitrogens with zero attached hydrogens (tertiary/aromatic N) is 1. The van der Waals surface area contributed by atoms with Gasteiger partial charge in [0.2, 0.25) is 0 Å². The van der Waals surface area contributed by atoms with Gasteiger partial charge in [-0.3, -0.25) is 0 Å². The number of rotatable bonds is 3. The molecule has 0 amide bonds. The Kier molecular flexibility index (Phi) is 4.66. The molecule has 0 aromatic carbocycles. The van der Waals surface area contributed by atoms with Crippen LogP contribution in [0.2, 0.25) is 0 Å². The minimum absolute atomic E-state index is 0.375. The van der Waals surface area contributed by atoms with Gasteiger partial charge < -0.3 is 14.4 Å². The van der Waals surface area contributed by atoms with Gasteiger partial charge in [0.15, 0.2) is 0 Å². The highest BCUT2D eigenvalue weighted by Gasteiger charge is 1.98. The van der Waals surface area contributed by atoms with E-state index in [1.807, 2.05) is 19.0 Å². The fourth-order valence-corrected chi connectivity index (χ4v) is 0.370. The van der Waals surface area contributed by atoms with Crippen LogP contribution in [0.1, 0.15) is 0 Å². The lowest BCUT2D eigenvalue weighted by Gasteiger charge is -2.08. The molecule has 0 heterocycles. The molecule has 0 aromatic rings. The van der Waals surface area contributed by atoms with Gasteiger partial charge in [-0.15, -0.1) is 0 Å². The van der Waals surface area contributed by atoms with E-state index in [1.54, 1.807) is 0 Å². The molecule has 0 radical (unpaired) electrons. The summed E-state index contributed by atoms with van der Waals surface area (Å²) in [6.07, 6.45) is -0.623. The van der Waals surface area contributed by atoms with Crippen LogP contribution in [0, 0.1) is 0 Å². The van der Waals surface area contributed by atoms with Gasteiger partial charge in [-0.05, 0) is 14.1 Å². The molecule has 0 aromatic heterocycles. The SMILES string of the molecule is COC(=O)OCCN(C)C. The van der Waals surface area contributed by atoms with Crippen LogP contribution in [0.5, 0.6) is 0 Å². The summed E-state index contributed by atoms with van der Waals surface area (Å²) in [6, 6.07) is 0. The first-order valence-electron chi connectivity index (χ1n) is 3.02. The fourth-order valence-electron chi connectivity index (χ4n) is 0.370. The summed E-state index contributed by atoms with van der Waals surface area (Å²) in [6.45, 7) is 1.09. The average molecular weight is 147 g/mol. The zero-order valence-corrected chi connectivity index (χ0v) is 6.59. The summed E-state index contributed by atoms with van der Waals surface area (Å²) in [5, 5.41) is 0. The van der Waals surface area contributed by atoms with Crippen LogP contribution in [0.25, 0.3) is 0 Å². The first-order valence-corrected chi connectivity index (χ1v) is 3.02. The molecule has 4 nitrogen and oxygen atoms in total. The molecule has 4 heteroatoms. The zero-order chi connectivity index (χ0) is 7.98. The molecule has 0 spiro atoms. The highest BCUT2D eigenvalue weighted by atomic mass is 16.7. The number of likely N-dealkylation sites (N-methyl/N-ethyl adjacent to an activating group) is 1. The predicted molar refractivity (Wildman–Crippen MR) is 36.9 cm³/mol. The lowest BCUT2D eigenvalue weighted by molar-refractivity contribution is 0.0679. The summed E-state index contributed by atoms with van der Waals surface area (Å²) in [7, 11) is 5.10. The van der Waals surface area contributed by atoms with Crippen molar-refractivity contribution in [2.24, 2.45) is 0 Å². The topological polar surface area (TPSA) is 38.8 Å². The third kappa shape index (κ3) is 5.37. The van der Waals surface area contributed by atoms with Crippen LogP contribution in [-0.4, -0.2) is 45.4 Å². The van der Waals surface area contributed by atoms with Gasteiger partial charge in [-0.25, -0.2) is 4.79 Å². The Bertz CT molecular complexity index is 103. The fraction of sp³-hybridized carbons (Fsp3) is 0.833. The molecule has 0 saturated carbocycles. The van der Waals surface area contributed by atoms with Gasteiger partial charge >= 0.3 is 6.16 Å². The minimum atomic E-state index is -0.623. The van der Waals surface area contributed by atoms with Gasteiger partial charge in [0.25, 0.3) is 0 Å². The molecular formula is C6H13NO3. The number of ether oxygens (including phenoxy) is 2. The quantitative estimate of drug-likeness (QED) is 0.539. The maximum atomic E-state index is 10.3. The van der Waals surface area contributed by atoms with E-state index in [-0.39, 0.29) is 0 Å². The molecule has 0 saturated heterocycles. The molecule has 0 unspecified atom stereocenters. The summed E-state index contributed by atoms with van der Waals surface area (Å²) in [5.41, 5.74) is 0. The zero-order valence-electron chi connectivity index (χ0n) is 6.59. The van der Waals surface area contributed by atoms with Gasteiger partial charge in [0, 0.05) is 6.54 Å². The molecule has 0 N–H and O–H groups in total. The highest BCUT2D eigenvalue weighted by molar-refractivity contribution is 5.59. The molecule has 0 bridgehead atoms. The molecule has 0 rings (SSSR count). The van der Waals surface area contributed by atoms with E-state index in [1.165, 1.54) is 7.11 Å². The Morgan fingerprint density at radius 3 is 2.50 bits per heavy atom. The van der Waals surface area contributed by atoms with E-state index >= 15 is 0 Å². The Morgan fingerprint density at radius 1 is 1.50 bits per heavy atom. The van der Waals surface area contributed by atoms with Crippen molar-refractivity contribution in [3.63, 3.8) is 0 Å². The number of carbonyl (C=O) groups excluding carboxylic acids is 1. The molecule has 0 aliphatic heterocycles. The van der Waals surface area contributed by atoms with Crippen molar-refractivity contribution in [1.29, 1.82) is 0 Å². The van der Waals surface area contributed by atoms with Crippen LogP contribution < -0.4 is 0 Å². The van der Waals surface area contributed by atoms with Crippen LogP contribution >= 0.6 is 0 Å². The van der Waals surface area contributed by atoms with Gasteiger partial charge in [0.1, 0.15) is 6.61 Å². The summed E-state index contributed by atoms with van der Waals surface area (Å²) in [5.74, 6) is 0. The molecular weight excluding hydrogens is 134 g/mol. The summed E-state index contributed by atoms with van der Waals surface area (Å²) in [4.78, 5) is 12.2. The summed E-state index contributed by atoms with van der Waals surface area (Å²) < 4.78 is 8.85. The van der Waals surface area contributed by atoms with Crippen LogP contribution in [0.15, 0.2) is 0 Å². The first-order chi connectivity index (χ1) is 4.66. The number of carbonyl (C=O) groups is 1. The molecule has 60 valence electrons. The number of hydrogen-bond donors (Lipinski definition) is 0. The Balaban J connectivity index is 3.12. The second-order valence-corrected chi connectivity index (χ2v) is 2.11. The third-order valence-electron chi connectivity index (χ3n) is 0.925. The van der Waals surface area contributed by atoms with E-state index in [2.05, 4.69) is 9.47 Å². The number of methoxy groups -OCH3 is 1. The van der Waals surface area contributed by atoms with Gasteiger partial charge in [0.05, 0.1) is 7.11 Å². The van der Waals surface area contributed by atoms with E-state index in [0.717, 1.165) is 6.54 Å². The number of hydrogen-bond acceptors (Lipinski definition) is 4. The summed E-state index contributed by atoms with van der Waals surface area (Å²) >= 11 is 0. The molecule has 0 aliphatic rings. The van der Waals surface area contributed by atoms with Crippen LogP contribution in [0.3, 0.4) is 0 Å². The average Bonchev–Trinajstić information content (AvgIpc) is 1.87. The Labute approximate surface area is 60.7 Å². The predicted octanol–water partition coefficient (Wildman–Crippen LogP) is 0.331. The van der Waals surface area contributed by atoms with Crippen molar-refractivity contribution in [1.82, 2.24) is 4.90 Å². The molecule has 0 atom stereocenters. The monoisotopic (exact) mass is 147 g/mol. The van der Waals surface area contributed by atoms with Crippen molar-refractivity contribution < 1.29 is 14.3 Å². The van der Waals surface area contributed by atoms with E-state index in [4.69, 9.17) is 0 Å². The minimum Gasteiger partial charge on any atom is -0.438 e. The maximum absolute atomic E-state index is 10.3. The van der Waals surface area contributed by atoms with Crippen LogP contribution in [0.4, 0.5) is 4.79 Å². The van der Waals surface area contributed by atoms with E-state index < -0.39 is 6.16 Å². The van der Waals surface area contributed by atoms with Crippen molar-refractivity contribution >= 4 is 6.16 Å². The van der Waals surface area contributed by atoms with Crippen molar-refractivity contribution in [3.8, 4) is 0 Å². The standard InChI is InChI=1S/C6H13NO3/c1-7(2)4-5-10-6(8)9-3/h4-5H2,1-3H3. The van der Waals surface area contributed by atoms with Crippen molar-refractivity contribution in [2.45, 2.75) is 0 Å². The molecule has 10 heavy (non-hydrogen) atoms. The normalized spacial score (nSPS) is 9.60. The lowest BCUT2D eigenvalue weighted by Crippen LogP contribution is -2.19. The second kappa shape index (κ2) is 5.05. The van der Waals surface area contributed by atoms with Crippen LogP contribution in [-0.2, 0) is 9.47 Å². The van der Waals surface area contributed by atoms with Gasteiger partial charge in [-0.2, -0.15) is 0 Å². The third-order valence-corrected chi connectivity index (χ3v) is 0.925. The van der Waals surface area contributed by atoms with Crippen molar-refractivity contribution in [2.75, 3.05) is 34.4 Å². The van der Waals surface area contributed by atoms with Gasteiger partial charge in [-0.1, -0.05) is 0 Å². The van der Waals surface area contributed by atoms with Crippen molar-refractivity contribution in [3.05, 3.63) is 0 Å².